The summed E-state index contributed by atoms with van der Waals surface area (Å²) in [5, 5.41) is 9.43. The van der Waals surface area contributed by atoms with Crippen molar-refractivity contribution >= 4 is 5.97 Å². The van der Waals surface area contributed by atoms with E-state index < -0.39 is 29.9 Å². The van der Waals surface area contributed by atoms with Crippen molar-refractivity contribution in [1.82, 2.24) is 4.98 Å². The predicted octanol–water partition coefficient (Wildman–Crippen LogP) is 2.70. The van der Waals surface area contributed by atoms with Gasteiger partial charge < -0.3 is 14.6 Å². The molecule has 2 heterocycles. The molecule has 2 aromatic rings. The van der Waals surface area contributed by atoms with E-state index in [1.54, 1.807) is 24.3 Å². The molecule has 26 heavy (non-hydrogen) atoms. The van der Waals surface area contributed by atoms with Crippen molar-refractivity contribution in [3.8, 4) is 11.1 Å². The van der Waals surface area contributed by atoms with Gasteiger partial charge in [0.05, 0.1) is 26.9 Å². The summed E-state index contributed by atoms with van der Waals surface area (Å²) in [5.41, 5.74) is -0.119. The van der Waals surface area contributed by atoms with Crippen LogP contribution in [0.3, 0.4) is 0 Å². The Morgan fingerprint density at radius 3 is 2.42 bits per heavy atom. The molecule has 1 saturated heterocycles. The number of aliphatic hydroxyl groups is 1. The second kappa shape index (κ2) is 6.69. The summed E-state index contributed by atoms with van der Waals surface area (Å²) in [6.07, 6.45) is -3.49. The van der Waals surface area contributed by atoms with Crippen LogP contribution in [0.25, 0.3) is 11.1 Å². The number of benzene rings is 1. The van der Waals surface area contributed by atoms with Gasteiger partial charge in [0.2, 0.25) is 0 Å². The lowest BCUT2D eigenvalue weighted by atomic mass is 9.78. The van der Waals surface area contributed by atoms with Crippen LogP contribution in [0, 0.1) is 0 Å². The molecule has 0 unspecified atom stereocenters. The van der Waals surface area contributed by atoms with Gasteiger partial charge in [0.1, 0.15) is 11.1 Å². The average Bonchev–Trinajstić information content (AvgIpc) is 2.60. The molecule has 0 aliphatic carbocycles. The van der Waals surface area contributed by atoms with E-state index in [4.69, 9.17) is 9.47 Å². The van der Waals surface area contributed by atoms with Crippen molar-refractivity contribution in [2.24, 2.45) is 0 Å². The van der Waals surface area contributed by atoms with Gasteiger partial charge in [-0.2, -0.15) is 13.2 Å². The molecule has 0 bridgehead atoms. The molecule has 1 N–H and O–H groups in total. The minimum absolute atomic E-state index is 0.120. The second-order valence-corrected chi connectivity index (χ2v) is 6.03. The maximum Gasteiger partial charge on any atom is 0.433 e. The molecular formula is C18H16F3NO4. The number of pyridine rings is 1. The summed E-state index contributed by atoms with van der Waals surface area (Å²) in [7, 11) is 1.30. The Hall–Kier alpha value is -2.45. The molecule has 0 radical (unpaired) electrons. The zero-order chi connectivity index (χ0) is 18.9. The van der Waals surface area contributed by atoms with Crippen molar-refractivity contribution in [2.75, 3.05) is 20.3 Å². The molecule has 1 aromatic heterocycles. The molecule has 1 aliphatic heterocycles. The quantitative estimate of drug-likeness (QED) is 0.842. The Bertz CT molecular complexity index is 814. The van der Waals surface area contributed by atoms with E-state index in [1.165, 1.54) is 7.11 Å². The van der Waals surface area contributed by atoms with Crippen molar-refractivity contribution in [3.05, 3.63) is 53.3 Å². The standard InChI is InChI=1S/C18H16F3NO4/c1-25-16(24)17(9-26-10-17)13-4-2-11(3-5-13)14-7-22-15(18(19,20)21)6-12(14)8-23/h2-7,23H,8-10H2,1H3. The van der Waals surface area contributed by atoms with E-state index >= 15 is 0 Å². The van der Waals surface area contributed by atoms with Crippen LogP contribution in [0.5, 0.6) is 0 Å². The fraction of sp³-hybridized carbons (Fsp3) is 0.333. The number of esters is 1. The first-order valence-corrected chi connectivity index (χ1v) is 7.76. The zero-order valence-corrected chi connectivity index (χ0v) is 13.8. The van der Waals surface area contributed by atoms with Gasteiger partial charge in [-0.05, 0) is 22.8 Å². The first kappa shape index (κ1) is 18.3. The first-order valence-electron chi connectivity index (χ1n) is 7.76. The van der Waals surface area contributed by atoms with Gasteiger partial charge in [-0.15, -0.1) is 0 Å². The molecule has 0 saturated carbocycles. The minimum atomic E-state index is -4.58. The summed E-state index contributed by atoms with van der Waals surface area (Å²) in [6.45, 7) is -0.131. The fourth-order valence-corrected chi connectivity index (χ4v) is 2.92. The Morgan fingerprint density at radius 1 is 1.31 bits per heavy atom. The van der Waals surface area contributed by atoms with Crippen LogP contribution < -0.4 is 0 Å². The Balaban J connectivity index is 1.95. The lowest BCUT2D eigenvalue weighted by Gasteiger charge is -2.38. The van der Waals surface area contributed by atoms with Crippen molar-refractivity contribution < 1.29 is 32.5 Å². The molecule has 1 fully saturated rings. The maximum absolute atomic E-state index is 12.8. The van der Waals surface area contributed by atoms with E-state index in [1.807, 2.05) is 0 Å². The average molecular weight is 367 g/mol. The van der Waals surface area contributed by atoms with Crippen LogP contribution in [0.15, 0.2) is 36.5 Å². The lowest BCUT2D eigenvalue weighted by molar-refractivity contribution is -0.166. The highest BCUT2D eigenvalue weighted by atomic mass is 19.4. The lowest BCUT2D eigenvalue weighted by Crippen LogP contribution is -2.53. The SMILES string of the molecule is COC(=O)C1(c2ccc(-c3cnc(C(F)(F)F)cc3CO)cc2)COC1. The van der Waals surface area contributed by atoms with Crippen molar-refractivity contribution in [1.29, 1.82) is 0 Å². The second-order valence-electron chi connectivity index (χ2n) is 6.03. The van der Waals surface area contributed by atoms with E-state index in [-0.39, 0.29) is 18.8 Å². The highest BCUT2D eigenvalue weighted by molar-refractivity contribution is 5.85. The number of aromatic nitrogens is 1. The summed E-state index contributed by atoms with van der Waals surface area (Å²) in [5.74, 6) is -0.399. The van der Waals surface area contributed by atoms with Crippen LogP contribution in [-0.2, 0) is 32.5 Å². The highest BCUT2D eigenvalue weighted by Crippen LogP contribution is 2.36. The smallest absolute Gasteiger partial charge is 0.433 e. The molecule has 0 spiro atoms. The van der Waals surface area contributed by atoms with Gasteiger partial charge in [0.15, 0.2) is 0 Å². The van der Waals surface area contributed by atoms with Gasteiger partial charge in [-0.3, -0.25) is 9.78 Å². The summed E-state index contributed by atoms with van der Waals surface area (Å²) in [6, 6.07) is 7.57. The molecule has 1 aliphatic rings. The number of hydrogen-bond donors (Lipinski definition) is 1. The zero-order valence-electron chi connectivity index (χ0n) is 13.8. The van der Waals surface area contributed by atoms with Crippen LogP contribution in [0.2, 0.25) is 0 Å². The number of hydrogen-bond acceptors (Lipinski definition) is 5. The molecular weight excluding hydrogens is 351 g/mol. The van der Waals surface area contributed by atoms with E-state index in [9.17, 15) is 23.1 Å². The number of methoxy groups -OCH3 is 1. The summed E-state index contributed by atoms with van der Waals surface area (Å²) in [4.78, 5) is 15.5. The van der Waals surface area contributed by atoms with Gasteiger partial charge >= 0.3 is 12.1 Å². The topological polar surface area (TPSA) is 68.7 Å². The molecule has 0 atom stereocenters. The largest absolute Gasteiger partial charge is 0.468 e. The number of nitrogens with zero attached hydrogens (tertiary/aromatic N) is 1. The summed E-state index contributed by atoms with van der Waals surface area (Å²) >= 11 is 0. The van der Waals surface area contributed by atoms with E-state index in [2.05, 4.69) is 4.98 Å². The van der Waals surface area contributed by atoms with Crippen LogP contribution in [0.4, 0.5) is 13.2 Å². The normalized spacial score (nSPS) is 16.0. The van der Waals surface area contributed by atoms with Crippen molar-refractivity contribution in [2.45, 2.75) is 18.2 Å². The number of aliphatic hydroxyl groups excluding tert-OH is 1. The Labute approximate surface area is 147 Å². The number of carbonyl (C=O) groups is 1. The van der Waals surface area contributed by atoms with E-state index in [0.717, 1.165) is 12.3 Å². The Morgan fingerprint density at radius 2 is 1.96 bits per heavy atom. The molecule has 8 heteroatoms. The molecule has 3 rings (SSSR count). The van der Waals surface area contributed by atoms with E-state index in [0.29, 0.717) is 16.7 Å². The van der Waals surface area contributed by atoms with Gasteiger partial charge in [-0.25, -0.2) is 0 Å². The number of rotatable bonds is 4. The third-order valence-electron chi connectivity index (χ3n) is 4.47. The third kappa shape index (κ3) is 3.06. The summed E-state index contributed by atoms with van der Waals surface area (Å²) < 4.78 is 48.3. The van der Waals surface area contributed by atoms with Gasteiger partial charge in [-0.1, -0.05) is 24.3 Å². The van der Waals surface area contributed by atoms with Crippen LogP contribution >= 0.6 is 0 Å². The number of alkyl halides is 3. The molecule has 1 aromatic carbocycles. The predicted molar refractivity (Wildman–Crippen MR) is 85.1 cm³/mol. The molecule has 5 nitrogen and oxygen atoms in total. The fourth-order valence-electron chi connectivity index (χ4n) is 2.92. The van der Waals surface area contributed by atoms with Crippen LogP contribution in [0.1, 0.15) is 16.8 Å². The monoisotopic (exact) mass is 367 g/mol. The van der Waals surface area contributed by atoms with Gasteiger partial charge in [0, 0.05) is 11.8 Å². The molecule has 138 valence electrons. The maximum atomic E-state index is 12.8. The Kier molecular flexibility index (Phi) is 4.72. The number of ether oxygens (including phenoxy) is 2. The third-order valence-corrected chi connectivity index (χ3v) is 4.47. The highest BCUT2D eigenvalue weighted by Gasteiger charge is 2.48. The minimum Gasteiger partial charge on any atom is -0.468 e. The number of halogens is 3. The van der Waals surface area contributed by atoms with Gasteiger partial charge in [0.25, 0.3) is 0 Å². The van der Waals surface area contributed by atoms with Crippen LogP contribution in [-0.4, -0.2) is 36.4 Å². The first-order chi connectivity index (χ1) is 12.3. The molecule has 0 amide bonds. The van der Waals surface area contributed by atoms with Crippen molar-refractivity contribution in [3.63, 3.8) is 0 Å². The number of carbonyl (C=O) groups excluding carboxylic acids is 1.